The molecule has 0 fully saturated rings. The number of benzene rings is 2. The quantitative estimate of drug-likeness (QED) is 0.349. The fourth-order valence-electron chi connectivity index (χ4n) is 3.01. The molecule has 0 saturated carbocycles. The van der Waals surface area contributed by atoms with Crippen LogP contribution in [0.15, 0.2) is 54.9 Å². The number of nitrogens with zero attached hydrogens (tertiary/aromatic N) is 1. The highest BCUT2D eigenvalue weighted by molar-refractivity contribution is 6.16. The Balaban J connectivity index is 0.00000117. The van der Waals surface area contributed by atoms with Crippen molar-refractivity contribution in [2.45, 2.75) is 20.8 Å². The van der Waals surface area contributed by atoms with Gasteiger partial charge in [-0.2, -0.15) is 0 Å². The topological polar surface area (TPSA) is 71.8 Å². The average molecular weight is 393 g/mol. The van der Waals surface area contributed by atoms with Crippen LogP contribution in [0.5, 0.6) is 0 Å². The highest BCUT2D eigenvalue weighted by atomic mass is 19.1. The fraction of sp³-hybridized carbons (Fsp3) is 0.130. The summed E-state index contributed by atoms with van der Waals surface area (Å²) >= 11 is 0. The minimum absolute atomic E-state index is 0.134. The molecule has 0 radical (unpaired) electrons. The zero-order chi connectivity index (χ0) is 21.1. The molecule has 0 aliphatic rings. The summed E-state index contributed by atoms with van der Waals surface area (Å²) < 4.78 is 28.4. The number of fused-ring (bicyclic) bond motifs is 1. The second-order valence-electron chi connectivity index (χ2n) is 6.34. The average Bonchev–Trinajstić information content (AvgIpc) is 3.16. The number of aromatic nitrogens is 2. The van der Waals surface area contributed by atoms with E-state index in [2.05, 4.69) is 9.97 Å². The fourth-order valence-corrected chi connectivity index (χ4v) is 3.01. The molecule has 0 amide bonds. The summed E-state index contributed by atoms with van der Waals surface area (Å²) in [6.45, 7) is 5.99. The molecule has 29 heavy (non-hydrogen) atoms. The molecule has 3 N–H and O–H groups in total. The highest BCUT2D eigenvalue weighted by Gasteiger charge is 2.23. The molecule has 0 aliphatic carbocycles. The Kier molecular flexibility index (Phi) is 5.73. The number of carbonyl (C=O) groups excluding carboxylic acids is 1. The minimum atomic E-state index is -1.06. The molecule has 0 aliphatic heterocycles. The van der Waals surface area contributed by atoms with Crippen molar-refractivity contribution >= 4 is 22.5 Å². The number of nitrogens with one attached hydrogen (secondary N) is 1. The lowest BCUT2D eigenvalue weighted by Crippen LogP contribution is -2.09. The Bertz CT molecular complexity index is 1180. The number of aromatic amines is 1. The maximum atomic E-state index is 14.3. The molecule has 0 unspecified atom stereocenters. The van der Waals surface area contributed by atoms with E-state index in [1.54, 1.807) is 12.3 Å². The van der Waals surface area contributed by atoms with Gasteiger partial charge < -0.3 is 10.7 Å². The number of hydrogen-bond acceptors (Lipinski definition) is 3. The van der Waals surface area contributed by atoms with Gasteiger partial charge in [-0.05, 0) is 30.7 Å². The van der Waals surface area contributed by atoms with Crippen molar-refractivity contribution in [1.29, 1.82) is 0 Å². The molecule has 6 heteroatoms. The first-order valence-corrected chi connectivity index (χ1v) is 9.28. The van der Waals surface area contributed by atoms with Crippen LogP contribution < -0.4 is 5.73 Å². The molecular weight excluding hydrogens is 372 g/mol. The lowest BCUT2D eigenvalue weighted by Gasteiger charge is -2.06. The summed E-state index contributed by atoms with van der Waals surface area (Å²) in [4.78, 5) is 20.0. The summed E-state index contributed by atoms with van der Waals surface area (Å²) in [5.74, 6) is -2.80. The number of rotatable bonds is 3. The molecule has 4 nitrogen and oxygen atoms in total. The van der Waals surface area contributed by atoms with Gasteiger partial charge in [0.25, 0.3) is 0 Å². The maximum absolute atomic E-state index is 14.3. The van der Waals surface area contributed by atoms with Crippen molar-refractivity contribution in [3.63, 3.8) is 0 Å². The predicted molar refractivity (Wildman–Crippen MR) is 112 cm³/mol. The van der Waals surface area contributed by atoms with E-state index in [0.29, 0.717) is 11.0 Å². The first kappa shape index (κ1) is 20.2. The Morgan fingerprint density at radius 1 is 1.03 bits per heavy atom. The Morgan fingerprint density at radius 3 is 2.41 bits per heavy atom. The van der Waals surface area contributed by atoms with Gasteiger partial charge in [-0.3, -0.25) is 4.79 Å². The van der Waals surface area contributed by atoms with Crippen LogP contribution >= 0.6 is 0 Å². The third-order valence-electron chi connectivity index (χ3n) is 4.51. The predicted octanol–water partition coefficient (Wildman–Crippen LogP) is 5.66. The number of anilines is 1. The zero-order valence-corrected chi connectivity index (χ0v) is 16.4. The molecule has 148 valence electrons. The van der Waals surface area contributed by atoms with Crippen LogP contribution in [0, 0.1) is 18.6 Å². The van der Waals surface area contributed by atoms with Gasteiger partial charge in [-0.25, -0.2) is 13.8 Å². The van der Waals surface area contributed by atoms with E-state index in [1.807, 2.05) is 45.0 Å². The van der Waals surface area contributed by atoms with Crippen LogP contribution in [0.2, 0.25) is 0 Å². The summed E-state index contributed by atoms with van der Waals surface area (Å²) in [5, 5.41) is 0.485. The van der Waals surface area contributed by atoms with E-state index in [0.717, 1.165) is 28.8 Å². The number of ketones is 1. The molecule has 2 heterocycles. The molecule has 2 aromatic carbocycles. The standard InChI is InChI=1S/C21H15F2N3O.C2H6/c1-11-2-4-12(5-3-11)13-8-14-15(10-26-21(14)25-9-13)20(27)18-16(22)6-7-17(24)19(18)23;1-2/h2-10H,24H2,1H3,(H,25,26);1-2H3. The number of hydrogen-bond donors (Lipinski definition) is 2. The maximum Gasteiger partial charge on any atom is 0.201 e. The van der Waals surface area contributed by atoms with E-state index < -0.39 is 23.0 Å². The zero-order valence-electron chi connectivity index (χ0n) is 16.4. The lowest BCUT2D eigenvalue weighted by atomic mass is 9.99. The Hall–Kier alpha value is -3.54. The third-order valence-corrected chi connectivity index (χ3v) is 4.51. The van der Waals surface area contributed by atoms with E-state index >= 15 is 0 Å². The Morgan fingerprint density at radius 2 is 1.72 bits per heavy atom. The van der Waals surface area contributed by atoms with Gasteiger partial charge in [0, 0.05) is 28.9 Å². The molecular formula is C23H21F2N3O. The molecule has 0 saturated heterocycles. The van der Waals surface area contributed by atoms with Gasteiger partial charge >= 0.3 is 0 Å². The highest BCUT2D eigenvalue weighted by Crippen LogP contribution is 2.28. The molecule has 4 rings (SSSR count). The van der Waals surface area contributed by atoms with Gasteiger partial charge in [0.1, 0.15) is 11.5 Å². The number of pyridine rings is 1. The number of nitrogen functional groups attached to an aromatic ring is 1. The van der Waals surface area contributed by atoms with Crippen LogP contribution in [-0.4, -0.2) is 15.8 Å². The van der Waals surface area contributed by atoms with E-state index in [4.69, 9.17) is 5.73 Å². The van der Waals surface area contributed by atoms with Crippen molar-refractivity contribution < 1.29 is 13.6 Å². The van der Waals surface area contributed by atoms with E-state index in [9.17, 15) is 13.6 Å². The summed E-state index contributed by atoms with van der Waals surface area (Å²) in [5.41, 5.74) is 7.98. The molecule has 0 atom stereocenters. The van der Waals surface area contributed by atoms with Crippen LogP contribution in [0.4, 0.5) is 14.5 Å². The van der Waals surface area contributed by atoms with Crippen LogP contribution in [-0.2, 0) is 0 Å². The summed E-state index contributed by atoms with van der Waals surface area (Å²) in [6, 6.07) is 11.7. The van der Waals surface area contributed by atoms with Crippen LogP contribution in [0.25, 0.3) is 22.2 Å². The van der Waals surface area contributed by atoms with Gasteiger partial charge in [0.15, 0.2) is 5.82 Å². The van der Waals surface area contributed by atoms with Crippen LogP contribution in [0.3, 0.4) is 0 Å². The van der Waals surface area contributed by atoms with Crippen LogP contribution in [0.1, 0.15) is 35.3 Å². The SMILES string of the molecule is CC.Cc1ccc(-c2cnc3[nH]cc(C(=O)c4c(F)ccc(N)c4F)c3c2)cc1. The molecule has 0 spiro atoms. The van der Waals surface area contributed by atoms with E-state index in [1.165, 1.54) is 6.20 Å². The second-order valence-corrected chi connectivity index (χ2v) is 6.34. The number of carbonyl (C=O) groups is 1. The van der Waals surface area contributed by atoms with Gasteiger partial charge in [0.05, 0.1) is 11.3 Å². The summed E-state index contributed by atoms with van der Waals surface area (Å²) in [7, 11) is 0. The van der Waals surface area contributed by atoms with Gasteiger partial charge in [0.2, 0.25) is 5.78 Å². The minimum Gasteiger partial charge on any atom is -0.396 e. The lowest BCUT2D eigenvalue weighted by molar-refractivity contribution is 0.103. The smallest absolute Gasteiger partial charge is 0.201 e. The Labute approximate surface area is 167 Å². The van der Waals surface area contributed by atoms with Crippen molar-refractivity contribution in [2.75, 3.05) is 5.73 Å². The molecule has 4 aromatic rings. The van der Waals surface area contributed by atoms with Crippen molar-refractivity contribution in [2.24, 2.45) is 0 Å². The number of aryl methyl sites for hydroxylation is 1. The number of nitrogens with two attached hydrogens (primary N) is 1. The summed E-state index contributed by atoms with van der Waals surface area (Å²) in [6.07, 6.45) is 3.08. The normalized spacial score (nSPS) is 10.5. The van der Waals surface area contributed by atoms with Crippen molar-refractivity contribution in [3.8, 4) is 11.1 Å². The first-order valence-electron chi connectivity index (χ1n) is 9.28. The third kappa shape index (κ3) is 3.74. The van der Waals surface area contributed by atoms with E-state index in [-0.39, 0.29) is 11.3 Å². The van der Waals surface area contributed by atoms with Gasteiger partial charge in [-0.1, -0.05) is 43.7 Å². The van der Waals surface area contributed by atoms with Crippen molar-refractivity contribution in [3.05, 3.63) is 83.2 Å². The molecule has 2 aromatic heterocycles. The second kappa shape index (κ2) is 8.22. The number of H-pyrrole nitrogens is 1. The number of halogens is 2. The molecule has 0 bridgehead atoms. The monoisotopic (exact) mass is 393 g/mol. The first-order chi connectivity index (χ1) is 14.0. The largest absolute Gasteiger partial charge is 0.396 e. The van der Waals surface area contributed by atoms with Crippen molar-refractivity contribution in [1.82, 2.24) is 9.97 Å². The van der Waals surface area contributed by atoms with Gasteiger partial charge in [-0.15, -0.1) is 0 Å².